The molecular weight excluding hydrogens is 254 g/mol. The molecule has 0 aromatic heterocycles. The van der Waals surface area contributed by atoms with Crippen molar-refractivity contribution in [2.45, 2.75) is 40.5 Å². The summed E-state index contributed by atoms with van der Waals surface area (Å²) >= 11 is 6.28. The molecule has 2 atom stereocenters. The SMILES string of the molecule is CCC(C)C(CNCC(C)C)Cc1ccccc1Cl. The van der Waals surface area contributed by atoms with Gasteiger partial charge in [-0.05, 0) is 48.9 Å². The van der Waals surface area contributed by atoms with Crippen LogP contribution in [0.5, 0.6) is 0 Å². The molecule has 1 rings (SSSR count). The summed E-state index contributed by atoms with van der Waals surface area (Å²) in [5.74, 6) is 2.08. The quantitative estimate of drug-likeness (QED) is 0.722. The van der Waals surface area contributed by atoms with Gasteiger partial charge in [-0.15, -0.1) is 0 Å². The first-order chi connectivity index (χ1) is 9.04. The van der Waals surface area contributed by atoms with Crippen LogP contribution in [0.15, 0.2) is 24.3 Å². The van der Waals surface area contributed by atoms with Crippen LogP contribution >= 0.6 is 11.6 Å². The number of nitrogens with one attached hydrogen (secondary N) is 1. The smallest absolute Gasteiger partial charge is 0.0438 e. The van der Waals surface area contributed by atoms with Gasteiger partial charge in [0.2, 0.25) is 0 Å². The van der Waals surface area contributed by atoms with Gasteiger partial charge in [0.05, 0.1) is 0 Å². The Kier molecular flexibility index (Phi) is 7.48. The van der Waals surface area contributed by atoms with Crippen molar-refractivity contribution in [2.24, 2.45) is 17.8 Å². The lowest BCUT2D eigenvalue weighted by Gasteiger charge is -2.24. The van der Waals surface area contributed by atoms with E-state index in [9.17, 15) is 0 Å². The predicted octanol–water partition coefficient (Wildman–Crippen LogP) is 4.79. The summed E-state index contributed by atoms with van der Waals surface area (Å²) < 4.78 is 0. The second-order valence-electron chi connectivity index (χ2n) is 5.99. The highest BCUT2D eigenvalue weighted by Crippen LogP contribution is 2.24. The van der Waals surface area contributed by atoms with Crippen molar-refractivity contribution < 1.29 is 0 Å². The van der Waals surface area contributed by atoms with Crippen molar-refractivity contribution in [3.8, 4) is 0 Å². The molecule has 0 spiro atoms. The maximum absolute atomic E-state index is 6.28. The monoisotopic (exact) mass is 281 g/mol. The van der Waals surface area contributed by atoms with E-state index in [2.05, 4.69) is 45.1 Å². The first-order valence-electron chi connectivity index (χ1n) is 7.48. The van der Waals surface area contributed by atoms with Crippen LogP contribution in [0.3, 0.4) is 0 Å². The largest absolute Gasteiger partial charge is 0.316 e. The highest BCUT2D eigenvalue weighted by Gasteiger charge is 2.17. The highest BCUT2D eigenvalue weighted by atomic mass is 35.5. The molecule has 0 amide bonds. The van der Waals surface area contributed by atoms with Crippen molar-refractivity contribution in [3.05, 3.63) is 34.9 Å². The zero-order valence-corrected chi connectivity index (χ0v) is 13.5. The number of rotatable bonds is 8. The molecule has 0 radical (unpaired) electrons. The van der Waals surface area contributed by atoms with Gasteiger partial charge in [-0.3, -0.25) is 0 Å². The summed E-state index contributed by atoms with van der Waals surface area (Å²) in [7, 11) is 0. The van der Waals surface area contributed by atoms with E-state index in [0.29, 0.717) is 11.8 Å². The summed E-state index contributed by atoms with van der Waals surface area (Å²) in [6.07, 6.45) is 2.29. The van der Waals surface area contributed by atoms with E-state index in [0.717, 1.165) is 30.5 Å². The Bertz CT molecular complexity index is 362. The minimum Gasteiger partial charge on any atom is -0.316 e. The first-order valence-corrected chi connectivity index (χ1v) is 7.86. The normalized spacial score (nSPS) is 14.6. The lowest BCUT2D eigenvalue weighted by Crippen LogP contribution is -2.31. The molecule has 0 heterocycles. The van der Waals surface area contributed by atoms with Gasteiger partial charge in [0.25, 0.3) is 0 Å². The predicted molar refractivity (Wildman–Crippen MR) is 85.8 cm³/mol. The van der Waals surface area contributed by atoms with E-state index in [4.69, 9.17) is 11.6 Å². The Hall–Kier alpha value is -0.530. The fraction of sp³-hybridized carbons (Fsp3) is 0.647. The van der Waals surface area contributed by atoms with Crippen LogP contribution in [0.25, 0.3) is 0 Å². The molecule has 2 heteroatoms. The summed E-state index contributed by atoms with van der Waals surface area (Å²) in [5.41, 5.74) is 1.28. The fourth-order valence-corrected chi connectivity index (χ4v) is 2.52. The van der Waals surface area contributed by atoms with Crippen LogP contribution in [-0.4, -0.2) is 13.1 Å². The van der Waals surface area contributed by atoms with E-state index >= 15 is 0 Å². The van der Waals surface area contributed by atoms with Gasteiger partial charge in [0.15, 0.2) is 0 Å². The Balaban J connectivity index is 2.61. The van der Waals surface area contributed by atoms with Gasteiger partial charge in [0, 0.05) is 5.02 Å². The maximum atomic E-state index is 6.28. The molecular formula is C17H28ClN. The van der Waals surface area contributed by atoms with Crippen LogP contribution in [0.1, 0.15) is 39.7 Å². The minimum absolute atomic E-state index is 0.656. The lowest BCUT2D eigenvalue weighted by atomic mass is 9.86. The number of halogens is 1. The molecule has 0 saturated heterocycles. The zero-order chi connectivity index (χ0) is 14.3. The van der Waals surface area contributed by atoms with Crippen LogP contribution in [0.2, 0.25) is 5.02 Å². The van der Waals surface area contributed by atoms with Crippen molar-refractivity contribution in [1.29, 1.82) is 0 Å². The Morgan fingerprint density at radius 1 is 1.11 bits per heavy atom. The Morgan fingerprint density at radius 2 is 1.79 bits per heavy atom. The molecule has 2 unspecified atom stereocenters. The maximum Gasteiger partial charge on any atom is 0.0438 e. The molecule has 108 valence electrons. The van der Waals surface area contributed by atoms with Crippen molar-refractivity contribution in [3.63, 3.8) is 0 Å². The third-order valence-electron chi connectivity index (χ3n) is 3.85. The summed E-state index contributed by atoms with van der Waals surface area (Å²) in [6, 6.07) is 8.23. The summed E-state index contributed by atoms with van der Waals surface area (Å²) in [5, 5.41) is 4.50. The average molecular weight is 282 g/mol. The third kappa shape index (κ3) is 5.97. The van der Waals surface area contributed by atoms with Crippen molar-refractivity contribution in [2.75, 3.05) is 13.1 Å². The van der Waals surface area contributed by atoms with E-state index < -0.39 is 0 Å². The minimum atomic E-state index is 0.656. The van der Waals surface area contributed by atoms with Crippen molar-refractivity contribution >= 4 is 11.6 Å². The molecule has 1 nitrogen and oxygen atoms in total. The number of benzene rings is 1. The van der Waals surface area contributed by atoms with Gasteiger partial charge in [-0.25, -0.2) is 0 Å². The zero-order valence-electron chi connectivity index (χ0n) is 12.7. The van der Waals surface area contributed by atoms with E-state index in [1.165, 1.54) is 12.0 Å². The second kappa shape index (κ2) is 8.60. The van der Waals surface area contributed by atoms with Crippen LogP contribution in [0, 0.1) is 17.8 Å². The van der Waals surface area contributed by atoms with E-state index in [1.807, 2.05) is 12.1 Å². The number of hydrogen-bond acceptors (Lipinski definition) is 1. The molecule has 19 heavy (non-hydrogen) atoms. The molecule has 0 aliphatic rings. The van der Waals surface area contributed by atoms with Gasteiger partial charge < -0.3 is 5.32 Å². The number of hydrogen-bond donors (Lipinski definition) is 1. The highest BCUT2D eigenvalue weighted by molar-refractivity contribution is 6.31. The first kappa shape index (κ1) is 16.5. The van der Waals surface area contributed by atoms with Gasteiger partial charge in [-0.2, -0.15) is 0 Å². The third-order valence-corrected chi connectivity index (χ3v) is 4.22. The topological polar surface area (TPSA) is 12.0 Å². The van der Waals surface area contributed by atoms with Crippen LogP contribution in [0.4, 0.5) is 0 Å². The standard InChI is InChI=1S/C17H28ClN/c1-5-14(4)16(12-19-11-13(2)3)10-15-8-6-7-9-17(15)18/h6-9,13-14,16,19H,5,10-12H2,1-4H3. The molecule has 0 bridgehead atoms. The summed E-state index contributed by atoms with van der Waals surface area (Å²) in [6.45, 7) is 11.3. The second-order valence-corrected chi connectivity index (χ2v) is 6.40. The molecule has 0 aliphatic heterocycles. The van der Waals surface area contributed by atoms with Crippen LogP contribution in [-0.2, 0) is 6.42 Å². The molecule has 1 aromatic carbocycles. The molecule has 1 aromatic rings. The van der Waals surface area contributed by atoms with Gasteiger partial charge >= 0.3 is 0 Å². The summed E-state index contributed by atoms with van der Waals surface area (Å²) in [4.78, 5) is 0. The molecule has 0 aliphatic carbocycles. The van der Waals surface area contributed by atoms with Crippen LogP contribution < -0.4 is 5.32 Å². The molecule has 0 fully saturated rings. The molecule has 0 saturated carbocycles. The molecule has 1 N–H and O–H groups in total. The van der Waals surface area contributed by atoms with Crippen molar-refractivity contribution in [1.82, 2.24) is 5.32 Å². The lowest BCUT2D eigenvalue weighted by molar-refractivity contribution is 0.324. The Morgan fingerprint density at radius 3 is 2.37 bits per heavy atom. The van der Waals surface area contributed by atoms with Gasteiger partial charge in [-0.1, -0.05) is 63.9 Å². The average Bonchev–Trinajstić information content (AvgIpc) is 2.38. The van der Waals surface area contributed by atoms with Gasteiger partial charge in [0.1, 0.15) is 0 Å². The van der Waals surface area contributed by atoms with E-state index in [-0.39, 0.29) is 0 Å². The Labute approximate surface area is 123 Å². The fourth-order valence-electron chi connectivity index (χ4n) is 2.31. The van der Waals surface area contributed by atoms with E-state index in [1.54, 1.807) is 0 Å².